The number of piperidine rings is 2. The molecule has 2 saturated heterocycles. The van der Waals surface area contributed by atoms with Gasteiger partial charge in [0.2, 0.25) is 11.8 Å². The molecule has 0 aromatic carbocycles. The molecule has 266 valence electrons. The molecule has 49 heavy (non-hydrogen) atoms. The molecule has 2 N–H and O–H groups in total. The van der Waals surface area contributed by atoms with E-state index in [1.165, 1.54) is 23.6 Å². The molecule has 2 saturated carbocycles. The summed E-state index contributed by atoms with van der Waals surface area (Å²) in [6, 6.07) is 0.861. The first-order valence-corrected chi connectivity index (χ1v) is 17.3. The molecule has 5 heterocycles. The van der Waals surface area contributed by atoms with Crippen LogP contribution < -0.4 is 10.6 Å². The summed E-state index contributed by atoms with van der Waals surface area (Å²) in [6.07, 6.45) is 2.65. The summed E-state index contributed by atoms with van der Waals surface area (Å²) >= 11 is 0. The number of hydrogen-bond donors (Lipinski definition) is 2. The molecule has 4 aliphatic rings. The minimum atomic E-state index is -4.44. The maximum atomic E-state index is 14.2. The predicted octanol–water partition coefficient (Wildman–Crippen LogP) is 4.87. The van der Waals surface area contributed by atoms with Crippen LogP contribution in [0.3, 0.4) is 0 Å². The smallest absolute Gasteiger partial charge is 0.355 e. The highest BCUT2D eigenvalue weighted by molar-refractivity contribution is 5.92. The second-order valence-electron chi connectivity index (χ2n) is 14.5. The molecule has 2 amide bonds. The van der Waals surface area contributed by atoms with E-state index in [1.807, 2.05) is 6.92 Å². The number of carbonyl (C=O) groups is 2. The number of nitrogens with one attached hydrogen (secondary N) is 2. The van der Waals surface area contributed by atoms with Gasteiger partial charge in [0.1, 0.15) is 5.69 Å². The van der Waals surface area contributed by atoms with Crippen molar-refractivity contribution < 1.29 is 31.5 Å². The van der Waals surface area contributed by atoms with E-state index in [-0.39, 0.29) is 50.2 Å². The molecule has 3 aromatic heterocycles. The first-order chi connectivity index (χ1) is 23.3. The maximum Gasteiger partial charge on any atom is 0.393 e. The van der Waals surface area contributed by atoms with Crippen molar-refractivity contribution in [1.29, 1.82) is 0 Å². The van der Waals surface area contributed by atoms with Crippen LogP contribution in [0.4, 0.5) is 22.0 Å². The first kappa shape index (κ1) is 33.8. The Morgan fingerprint density at radius 3 is 2.49 bits per heavy atom. The molecular weight excluding hydrogens is 649 g/mol. The highest BCUT2D eigenvalue weighted by Gasteiger charge is 2.46. The summed E-state index contributed by atoms with van der Waals surface area (Å²) in [5, 5.41) is 14.4. The quantitative estimate of drug-likeness (QED) is 0.307. The molecule has 1 spiro atoms. The van der Waals surface area contributed by atoms with Crippen molar-refractivity contribution in [3.8, 4) is 0 Å². The summed E-state index contributed by atoms with van der Waals surface area (Å²) in [5.41, 5.74) is 2.13. The number of likely N-dealkylation sites (tertiary alicyclic amines) is 1. The Hall–Kier alpha value is -3.69. The summed E-state index contributed by atoms with van der Waals surface area (Å²) in [6.45, 7) is 4.00. The Balaban J connectivity index is 1.21. The van der Waals surface area contributed by atoms with Crippen molar-refractivity contribution in [2.75, 3.05) is 19.6 Å². The summed E-state index contributed by atoms with van der Waals surface area (Å²) < 4.78 is 72.4. The van der Waals surface area contributed by atoms with Crippen LogP contribution in [0.15, 0.2) is 18.5 Å². The Bertz CT molecular complexity index is 1680. The zero-order chi connectivity index (χ0) is 34.6. The van der Waals surface area contributed by atoms with Crippen molar-refractivity contribution in [3.05, 3.63) is 41.2 Å². The Labute approximate surface area is 280 Å². The molecular formula is C33H42F5N9O2. The number of aromatic nitrogens is 6. The molecule has 4 fully saturated rings. The van der Waals surface area contributed by atoms with Crippen molar-refractivity contribution in [2.24, 2.45) is 23.2 Å². The van der Waals surface area contributed by atoms with Gasteiger partial charge >= 0.3 is 6.18 Å². The summed E-state index contributed by atoms with van der Waals surface area (Å²) in [5.74, 6) is -6.34. The van der Waals surface area contributed by atoms with Crippen LogP contribution in [0.2, 0.25) is 0 Å². The van der Waals surface area contributed by atoms with Gasteiger partial charge < -0.3 is 10.6 Å². The lowest BCUT2D eigenvalue weighted by atomic mass is 9.81. The number of alkyl halides is 5. The average molecular weight is 692 g/mol. The first-order valence-electron chi connectivity index (χ1n) is 17.3. The van der Waals surface area contributed by atoms with Gasteiger partial charge in [-0.25, -0.2) is 23.3 Å². The van der Waals surface area contributed by atoms with Crippen molar-refractivity contribution >= 4 is 17.6 Å². The van der Waals surface area contributed by atoms with E-state index in [2.05, 4.69) is 20.6 Å². The third-order valence-electron chi connectivity index (χ3n) is 11.2. The van der Waals surface area contributed by atoms with Crippen molar-refractivity contribution in [1.82, 2.24) is 44.9 Å². The van der Waals surface area contributed by atoms with Crippen LogP contribution in [-0.2, 0) is 24.3 Å². The van der Waals surface area contributed by atoms with Gasteiger partial charge in [0.05, 0.1) is 35.2 Å². The van der Waals surface area contributed by atoms with Gasteiger partial charge in [-0.05, 0) is 82.4 Å². The number of amides is 2. The monoisotopic (exact) mass is 691 g/mol. The molecule has 7 rings (SSSR count). The van der Waals surface area contributed by atoms with E-state index in [1.54, 1.807) is 16.9 Å². The summed E-state index contributed by atoms with van der Waals surface area (Å²) in [7, 11) is 0. The zero-order valence-electron chi connectivity index (χ0n) is 27.5. The van der Waals surface area contributed by atoms with E-state index < -0.39 is 48.3 Å². The molecule has 0 unspecified atom stereocenters. The van der Waals surface area contributed by atoms with Crippen LogP contribution in [-0.4, -0.2) is 77.8 Å². The average Bonchev–Trinajstić information content (AvgIpc) is 3.43. The van der Waals surface area contributed by atoms with Crippen molar-refractivity contribution in [3.63, 3.8) is 0 Å². The molecule has 0 radical (unpaired) electrons. The summed E-state index contributed by atoms with van der Waals surface area (Å²) in [4.78, 5) is 38.2. The lowest BCUT2D eigenvalue weighted by Crippen LogP contribution is -2.47. The lowest BCUT2D eigenvalue weighted by Gasteiger charge is -2.33. The number of carbonyl (C=O) groups excluding carboxylic acids is 2. The van der Waals surface area contributed by atoms with E-state index in [4.69, 9.17) is 15.1 Å². The minimum absolute atomic E-state index is 0.0269. The second kappa shape index (κ2) is 12.9. The van der Waals surface area contributed by atoms with Crippen LogP contribution >= 0.6 is 0 Å². The van der Waals surface area contributed by atoms with Gasteiger partial charge in [0.25, 0.3) is 11.7 Å². The standard InChI is InChI=1S/C33H42F5N9O2/c1-2-46-26(5-12-40-46)29(49)43-27(20-3-6-32(34,35)7-4-20)25-19-47-30(42-25)41-24(18-45-13-10-31(8-9-31)11-14-45)23(44-47)16-21-15-22(33(36,37)38)17-39-28(21)48/h5,12,19-22,27H,2-4,6-11,13-18H2,1H3,(H,39,48)(H,43,49)/t21-,22-,27+/m1/s1. The number of rotatable bonds is 9. The Morgan fingerprint density at radius 2 is 1.82 bits per heavy atom. The Kier molecular flexibility index (Phi) is 8.89. The zero-order valence-corrected chi connectivity index (χ0v) is 27.5. The van der Waals surface area contributed by atoms with Crippen molar-refractivity contribution in [2.45, 2.75) is 102 Å². The number of aryl methyl sites for hydroxylation is 1. The van der Waals surface area contributed by atoms with Gasteiger partial charge in [0, 0.05) is 51.0 Å². The highest BCUT2D eigenvalue weighted by atomic mass is 19.4. The molecule has 2 aliphatic carbocycles. The number of halogens is 5. The molecule has 16 heteroatoms. The van der Waals surface area contributed by atoms with Gasteiger partial charge in [-0.2, -0.15) is 23.4 Å². The van der Waals surface area contributed by atoms with Crippen LogP contribution in [0.5, 0.6) is 0 Å². The minimum Gasteiger partial charge on any atom is -0.355 e. The SMILES string of the molecule is CCn1nccc1C(=O)N[C@H](c1cn2nc(C[C@H]3C[C@@H](C(F)(F)F)CNC3=O)c(CN3CCC4(CC3)CC4)nc2n1)C1CCC(F)(F)CC1. The molecule has 3 aromatic rings. The highest BCUT2D eigenvalue weighted by Crippen LogP contribution is 2.53. The fourth-order valence-electron chi connectivity index (χ4n) is 7.79. The lowest BCUT2D eigenvalue weighted by molar-refractivity contribution is -0.183. The van der Waals surface area contributed by atoms with E-state index in [9.17, 15) is 31.5 Å². The normalized spacial score (nSPS) is 25.0. The van der Waals surface area contributed by atoms with E-state index in [0.29, 0.717) is 41.3 Å². The fraction of sp³-hybridized carbons (Fsp3) is 0.697. The van der Waals surface area contributed by atoms with Gasteiger partial charge in [-0.1, -0.05) is 0 Å². The van der Waals surface area contributed by atoms with Crippen LogP contribution in [0.25, 0.3) is 5.78 Å². The van der Waals surface area contributed by atoms with Crippen LogP contribution in [0.1, 0.15) is 98.3 Å². The molecule has 11 nitrogen and oxygen atoms in total. The number of imidazole rings is 1. The fourth-order valence-corrected chi connectivity index (χ4v) is 7.79. The Morgan fingerprint density at radius 1 is 1.08 bits per heavy atom. The number of hydrogen-bond acceptors (Lipinski definition) is 7. The van der Waals surface area contributed by atoms with E-state index >= 15 is 0 Å². The third kappa shape index (κ3) is 7.29. The molecule has 0 bridgehead atoms. The maximum absolute atomic E-state index is 14.2. The second-order valence-corrected chi connectivity index (χ2v) is 14.5. The van der Waals surface area contributed by atoms with Crippen LogP contribution in [0, 0.1) is 23.2 Å². The third-order valence-corrected chi connectivity index (χ3v) is 11.2. The van der Waals surface area contributed by atoms with Gasteiger partial charge in [0.15, 0.2) is 0 Å². The molecule has 3 atom stereocenters. The predicted molar refractivity (Wildman–Crippen MR) is 166 cm³/mol. The van der Waals surface area contributed by atoms with Gasteiger partial charge in [-0.3, -0.25) is 19.2 Å². The largest absolute Gasteiger partial charge is 0.393 e. The van der Waals surface area contributed by atoms with E-state index in [0.717, 1.165) is 25.9 Å². The topological polar surface area (TPSA) is 122 Å². The van der Waals surface area contributed by atoms with Gasteiger partial charge in [-0.15, -0.1) is 0 Å². The molecule has 2 aliphatic heterocycles. The number of fused-ring (bicyclic) bond motifs is 1. The number of nitrogens with zero attached hydrogens (tertiary/aromatic N) is 7.